The first kappa shape index (κ1) is 8.60. The number of nitrogens with zero attached hydrogens (tertiary/aromatic N) is 1. The standard InChI is InChI=1S/C10H17N3/c1-10(2)5-3-4-8(10)13-9-11-6-7-12-9/h6-8H,3-5H2,1-2H3,(H2,11,12,13). The van der Waals surface area contributed by atoms with Gasteiger partial charge >= 0.3 is 0 Å². The molecule has 1 fully saturated rings. The smallest absolute Gasteiger partial charge is 0.200 e. The molecule has 1 atom stereocenters. The van der Waals surface area contributed by atoms with Crippen LogP contribution in [0, 0.1) is 5.41 Å². The topological polar surface area (TPSA) is 40.7 Å². The van der Waals surface area contributed by atoms with Crippen LogP contribution in [-0.4, -0.2) is 16.0 Å². The lowest BCUT2D eigenvalue weighted by Crippen LogP contribution is -2.31. The number of H-pyrrole nitrogens is 1. The Hall–Kier alpha value is -0.990. The van der Waals surface area contributed by atoms with Crippen molar-refractivity contribution < 1.29 is 0 Å². The molecule has 0 radical (unpaired) electrons. The third-order valence-electron chi connectivity index (χ3n) is 3.07. The Bertz CT molecular complexity index is 264. The Labute approximate surface area is 79.0 Å². The fraction of sp³-hybridized carbons (Fsp3) is 0.700. The molecular weight excluding hydrogens is 162 g/mol. The van der Waals surface area contributed by atoms with Crippen molar-refractivity contribution >= 4 is 5.95 Å². The van der Waals surface area contributed by atoms with Crippen LogP contribution in [0.25, 0.3) is 0 Å². The number of aromatic nitrogens is 2. The highest BCUT2D eigenvalue weighted by Gasteiger charge is 2.34. The Kier molecular flexibility index (Phi) is 2.02. The van der Waals surface area contributed by atoms with Crippen LogP contribution in [0.5, 0.6) is 0 Å². The summed E-state index contributed by atoms with van der Waals surface area (Å²) in [5.74, 6) is 0.903. The van der Waals surface area contributed by atoms with Gasteiger partial charge in [0.1, 0.15) is 0 Å². The van der Waals surface area contributed by atoms with Gasteiger partial charge in [-0.25, -0.2) is 4.98 Å². The third-order valence-corrected chi connectivity index (χ3v) is 3.07. The SMILES string of the molecule is CC1(C)CCCC1Nc1ncc[nH]1. The molecule has 72 valence electrons. The van der Waals surface area contributed by atoms with Gasteiger partial charge in [0.2, 0.25) is 0 Å². The summed E-state index contributed by atoms with van der Waals surface area (Å²) in [6.45, 7) is 4.64. The molecule has 1 aliphatic rings. The van der Waals surface area contributed by atoms with Gasteiger partial charge < -0.3 is 10.3 Å². The molecule has 0 saturated heterocycles. The van der Waals surface area contributed by atoms with Crippen molar-refractivity contribution in [1.82, 2.24) is 9.97 Å². The van der Waals surface area contributed by atoms with Gasteiger partial charge in [0.15, 0.2) is 5.95 Å². The van der Waals surface area contributed by atoms with Crippen LogP contribution >= 0.6 is 0 Å². The zero-order chi connectivity index (χ0) is 9.31. The van der Waals surface area contributed by atoms with Crippen molar-refractivity contribution in [3.63, 3.8) is 0 Å². The number of imidazole rings is 1. The molecule has 0 amide bonds. The van der Waals surface area contributed by atoms with Crippen LogP contribution in [0.2, 0.25) is 0 Å². The molecule has 13 heavy (non-hydrogen) atoms. The monoisotopic (exact) mass is 179 g/mol. The number of hydrogen-bond donors (Lipinski definition) is 2. The van der Waals surface area contributed by atoms with E-state index < -0.39 is 0 Å². The zero-order valence-electron chi connectivity index (χ0n) is 8.30. The normalized spacial score (nSPS) is 26.2. The lowest BCUT2D eigenvalue weighted by Gasteiger charge is -2.27. The summed E-state index contributed by atoms with van der Waals surface area (Å²) in [6.07, 6.45) is 7.53. The minimum atomic E-state index is 0.410. The van der Waals surface area contributed by atoms with Crippen molar-refractivity contribution in [1.29, 1.82) is 0 Å². The van der Waals surface area contributed by atoms with Gasteiger partial charge in [-0.15, -0.1) is 0 Å². The molecular formula is C10H17N3. The molecule has 1 aromatic rings. The first-order valence-electron chi connectivity index (χ1n) is 4.94. The lowest BCUT2D eigenvalue weighted by molar-refractivity contribution is 0.349. The maximum absolute atomic E-state index is 4.18. The largest absolute Gasteiger partial charge is 0.353 e. The highest BCUT2D eigenvalue weighted by atomic mass is 15.1. The number of rotatable bonds is 2. The first-order valence-corrected chi connectivity index (χ1v) is 4.94. The Morgan fingerprint density at radius 3 is 3.00 bits per heavy atom. The molecule has 2 N–H and O–H groups in total. The summed E-state index contributed by atoms with van der Waals surface area (Å²) in [5.41, 5.74) is 0.410. The lowest BCUT2D eigenvalue weighted by atomic mass is 9.87. The molecule has 3 nitrogen and oxygen atoms in total. The molecule has 0 spiro atoms. The molecule has 3 heteroatoms. The molecule has 2 rings (SSSR count). The minimum Gasteiger partial charge on any atom is -0.353 e. The highest BCUT2D eigenvalue weighted by molar-refractivity contribution is 5.26. The fourth-order valence-corrected chi connectivity index (χ4v) is 2.10. The van der Waals surface area contributed by atoms with Gasteiger partial charge in [-0.1, -0.05) is 20.3 Å². The van der Waals surface area contributed by atoms with Crippen molar-refractivity contribution in [2.75, 3.05) is 5.32 Å². The van der Waals surface area contributed by atoms with Gasteiger partial charge in [-0.05, 0) is 18.3 Å². The van der Waals surface area contributed by atoms with Gasteiger partial charge in [-0.3, -0.25) is 0 Å². The van der Waals surface area contributed by atoms with Crippen molar-refractivity contribution in [2.45, 2.75) is 39.2 Å². The van der Waals surface area contributed by atoms with E-state index in [2.05, 4.69) is 29.1 Å². The molecule has 1 unspecified atom stereocenters. The molecule has 1 aromatic heterocycles. The van der Waals surface area contributed by atoms with Crippen LogP contribution in [0.1, 0.15) is 33.1 Å². The summed E-state index contributed by atoms with van der Waals surface area (Å²) >= 11 is 0. The van der Waals surface area contributed by atoms with E-state index in [0.717, 1.165) is 5.95 Å². The van der Waals surface area contributed by atoms with E-state index >= 15 is 0 Å². The van der Waals surface area contributed by atoms with E-state index in [-0.39, 0.29) is 0 Å². The molecule has 1 saturated carbocycles. The van der Waals surface area contributed by atoms with Crippen molar-refractivity contribution in [3.05, 3.63) is 12.4 Å². The van der Waals surface area contributed by atoms with Crippen molar-refractivity contribution in [2.24, 2.45) is 5.41 Å². The van der Waals surface area contributed by atoms with Gasteiger partial charge in [0, 0.05) is 18.4 Å². The maximum Gasteiger partial charge on any atom is 0.200 e. The summed E-state index contributed by atoms with van der Waals surface area (Å²) < 4.78 is 0. The zero-order valence-corrected chi connectivity index (χ0v) is 8.30. The number of hydrogen-bond acceptors (Lipinski definition) is 2. The molecule has 0 aromatic carbocycles. The minimum absolute atomic E-state index is 0.410. The fourth-order valence-electron chi connectivity index (χ4n) is 2.10. The van der Waals surface area contributed by atoms with Crippen LogP contribution in [0.4, 0.5) is 5.95 Å². The summed E-state index contributed by atoms with van der Waals surface area (Å²) in [5, 5.41) is 3.44. The van der Waals surface area contributed by atoms with E-state index in [1.165, 1.54) is 19.3 Å². The second-order valence-corrected chi connectivity index (χ2v) is 4.52. The summed E-state index contributed by atoms with van der Waals surface area (Å²) in [6, 6.07) is 0.568. The van der Waals surface area contributed by atoms with Crippen LogP contribution < -0.4 is 5.32 Å². The predicted octanol–water partition coefficient (Wildman–Crippen LogP) is 2.40. The van der Waals surface area contributed by atoms with E-state index in [1.54, 1.807) is 6.20 Å². The van der Waals surface area contributed by atoms with E-state index in [4.69, 9.17) is 0 Å². The van der Waals surface area contributed by atoms with Gasteiger partial charge in [0.05, 0.1) is 0 Å². The second-order valence-electron chi connectivity index (χ2n) is 4.52. The quantitative estimate of drug-likeness (QED) is 0.732. The van der Waals surface area contributed by atoms with Gasteiger partial charge in [0.25, 0.3) is 0 Å². The number of anilines is 1. The summed E-state index contributed by atoms with van der Waals surface area (Å²) in [4.78, 5) is 7.26. The third kappa shape index (κ3) is 1.69. The maximum atomic E-state index is 4.18. The second kappa shape index (κ2) is 3.05. The first-order chi connectivity index (χ1) is 6.18. The Balaban J connectivity index is 2.02. The number of aromatic amines is 1. The van der Waals surface area contributed by atoms with Crippen LogP contribution in [0.3, 0.4) is 0 Å². The molecule has 0 bridgehead atoms. The number of nitrogens with one attached hydrogen (secondary N) is 2. The molecule has 1 heterocycles. The highest BCUT2D eigenvalue weighted by Crippen LogP contribution is 2.38. The van der Waals surface area contributed by atoms with Gasteiger partial charge in [-0.2, -0.15) is 0 Å². The predicted molar refractivity (Wildman–Crippen MR) is 53.6 cm³/mol. The van der Waals surface area contributed by atoms with Crippen molar-refractivity contribution in [3.8, 4) is 0 Å². The van der Waals surface area contributed by atoms with E-state index in [9.17, 15) is 0 Å². The average molecular weight is 179 g/mol. The Morgan fingerprint density at radius 1 is 1.62 bits per heavy atom. The summed E-state index contributed by atoms with van der Waals surface area (Å²) in [7, 11) is 0. The molecule has 0 aliphatic heterocycles. The van der Waals surface area contributed by atoms with Crippen LogP contribution in [0.15, 0.2) is 12.4 Å². The molecule has 1 aliphatic carbocycles. The van der Waals surface area contributed by atoms with E-state index in [0.29, 0.717) is 11.5 Å². The Morgan fingerprint density at radius 2 is 2.46 bits per heavy atom. The van der Waals surface area contributed by atoms with E-state index in [1.807, 2.05) is 6.20 Å². The van der Waals surface area contributed by atoms with Crippen LogP contribution in [-0.2, 0) is 0 Å². The average Bonchev–Trinajstić information content (AvgIpc) is 2.63.